The second-order valence-electron chi connectivity index (χ2n) is 5.75. The maximum Gasteiger partial charge on any atom is 0.347 e. The van der Waals surface area contributed by atoms with Crippen molar-refractivity contribution >= 4 is 17.6 Å². The van der Waals surface area contributed by atoms with Crippen LogP contribution in [0.2, 0.25) is 0 Å². The van der Waals surface area contributed by atoms with E-state index in [4.69, 9.17) is 9.47 Å². The number of carbonyl (C=O) groups excluding carboxylic acids is 2. The van der Waals surface area contributed by atoms with Crippen molar-refractivity contribution in [2.24, 2.45) is 0 Å². The van der Waals surface area contributed by atoms with Crippen molar-refractivity contribution in [2.45, 2.75) is 26.9 Å². The Balaban J connectivity index is 1.81. The second kappa shape index (κ2) is 8.28. The molecule has 2 rings (SSSR count). The maximum atomic E-state index is 12.8. The molecule has 0 aliphatic heterocycles. The molecule has 0 aliphatic rings. The Hall–Kier alpha value is -2.89. The summed E-state index contributed by atoms with van der Waals surface area (Å²) in [4.78, 5) is 23.8. The summed E-state index contributed by atoms with van der Waals surface area (Å²) in [6.07, 6.45) is -0.917. The summed E-state index contributed by atoms with van der Waals surface area (Å²) >= 11 is 0. The van der Waals surface area contributed by atoms with Crippen LogP contribution in [-0.4, -0.2) is 24.6 Å². The highest BCUT2D eigenvalue weighted by Gasteiger charge is 2.18. The van der Waals surface area contributed by atoms with Crippen LogP contribution in [0.25, 0.3) is 0 Å². The molecule has 0 radical (unpaired) electrons. The van der Waals surface area contributed by atoms with Gasteiger partial charge in [-0.1, -0.05) is 6.07 Å². The molecular weight excluding hydrogens is 325 g/mol. The van der Waals surface area contributed by atoms with Gasteiger partial charge in [0.05, 0.1) is 0 Å². The van der Waals surface area contributed by atoms with E-state index >= 15 is 0 Å². The molecule has 0 bridgehead atoms. The number of amides is 1. The van der Waals surface area contributed by atoms with E-state index in [-0.39, 0.29) is 0 Å². The van der Waals surface area contributed by atoms with Gasteiger partial charge < -0.3 is 14.8 Å². The standard InChI is InChI=1S/C19H20FNO4/c1-12-8-13(2)10-16(9-12)21-18(22)11-24-19(23)14(3)25-17-6-4-15(20)5-7-17/h4-10,14H,11H2,1-3H3,(H,21,22)/t14-/m1/s1. The van der Waals surface area contributed by atoms with Crippen LogP contribution in [0.3, 0.4) is 0 Å². The van der Waals surface area contributed by atoms with Crippen LogP contribution in [0.15, 0.2) is 42.5 Å². The first kappa shape index (κ1) is 18.4. The fourth-order valence-electron chi connectivity index (χ4n) is 2.26. The molecule has 0 spiro atoms. The Morgan fingerprint density at radius 1 is 1.08 bits per heavy atom. The van der Waals surface area contributed by atoms with Crippen molar-refractivity contribution < 1.29 is 23.5 Å². The molecule has 6 heteroatoms. The highest BCUT2D eigenvalue weighted by Crippen LogP contribution is 2.15. The number of hydrogen-bond donors (Lipinski definition) is 1. The summed E-state index contributed by atoms with van der Waals surface area (Å²) < 4.78 is 23.1. The van der Waals surface area contributed by atoms with Gasteiger partial charge in [0.2, 0.25) is 0 Å². The predicted molar refractivity (Wildman–Crippen MR) is 92.0 cm³/mol. The number of aryl methyl sites for hydroxylation is 2. The van der Waals surface area contributed by atoms with E-state index in [9.17, 15) is 14.0 Å². The minimum atomic E-state index is -0.917. The maximum absolute atomic E-state index is 12.8. The quantitative estimate of drug-likeness (QED) is 0.815. The molecule has 1 amide bonds. The zero-order valence-electron chi connectivity index (χ0n) is 14.3. The molecule has 0 heterocycles. The Morgan fingerprint density at radius 2 is 1.68 bits per heavy atom. The zero-order chi connectivity index (χ0) is 18.4. The fraction of sp³-hybridized carbons (Fsp3) is 0.263. The van der Waals surface area contributed by atoms with Gasteiger partial charge >= 0.3 is 5.97 Å². The third-order valence-corrected chi connectivity index (χ3v) is 3.31. The molecule has 0 fully saturated rings. The van der Waals surface area contributed by atoms with Gasteiger partial charge in [0, 0.05) is 5.69 Å². The highest BCUT2D eigenvalue weighted by molar-refractivity contribution is 5.93. The highest BCUT2D eigenvalue weighted by atomic mass is 19.1. The largest absolute Gasteiger partial charge is 0.479 e. The number of nitrogens with one attached hydrogen (secondary N) is 1. The first-order chi connectivity index (χ1) is 11.8. The van der Waals surface area contributed by atoms with Crippen molar-refractivity contribution in [3.05, 3.63) is 59.4 Å². The second-order valence-corrected chi connectivity index (χ2v) is 5.75. The third-order valence-electron chi connectivity index (χ3n) is 3.31. The number of halogens is 1. The number of anilines is 1. The Bertz CT molecular complexity index is 738. The van der Waals surface area contributed by atoms with Crippen LogP contribution < -0.4 is 10.1 Å². The van der Waals surface area contributed by atoms with Crippen molar-refractivity contribution in [3.8, 4) is 5.75 Å². The van der Waals surface area contributed by atoms with Crippen molar-refractivity contribution in [3.63, 3.8) is 0 Å². The van der Waals surface area contributed by atoms with Crippen LogP contribution in [0.5, 0.6) is 5.75 Å². The number of benzene rings is 2. The van der Waals surface area contributed by atoms with E-state index in [1.807, 2.05) is 32.0 Å². The lowest BCUT2D eigenvalue weighted by Gasteiger charge is -2.14. The Labute approximate surface area is 145 Å². The molecule has 0 aliphatic carbocycles. The molecular formula is C19H20FNO4. The van der Waals surface area contributed by atoms with E-state index in [1.165, 1.54) is 31.2 Å². The number of ether oxygens (including phenoxy) is 2. The lowest BCUT2D eigenvalue weighted by atomic mass is 10.1. The molecule has 0 saturated carbocycles. The first-order valence-corrected chi connectivity index (χ1v) is 7.80. The van der Waals surface area contributed by atoms with E-state index in [2.05, 4.69) is 5.32 Å². The average molecular weight is 345 g/mol. The van der Waals surface area contributed by atoms with E-state index < -0.39 is 30.4 Å². The molecule has 5 nitrogen and oxygen atoms in total. The lowest BCUT2D eigenvalue weighted by molar-refractivity contribution is -0.153. The van der Waals surface area contributed by atoms with Crippen molar-refractivity contribution in [2.75, 3.05) is 11.9 Å². The minimum absolute atomic E-state index is 0.338. The Morgan fingerprint density at radius 3 is 2.28 bits per heavy atom. The average Bonchev–Trinajstić information content (AvgIpc) is 2.53. The molecule has 25 heavy (non-hydrogen) atoms. The number of carbonyl (C=O) groups is 2. The lowest BCUT2D eigenvalue weighted by Crippen LogP contribution is -2.29. The summed E-state index contributed by atoms with van der Waals surface area (Å²) in [5.74, 6) is -1.18. The van der Waals surface area contributed by atoms with Gasteiger partial charge in [-0.15, -0.1) is 0 Å². The summed E-state index contributed by atoms with van der Waals surface area (Å²) in [5, 5.41) is 2.68. The van der Waals surface area contributed by atoms with Crippen molar-refractivity contribution in [1.29, 1.82) is 0 Å². The number of rotatable bonds is 6. The minimum Gasteiger partial charge on any atom is -0.479 e. The molecule has 0 saturated heterocycles. The molecule has 0 aromatic heterocycles. The fourth-order valence-corrected chi connectivity index (χ4v) is 2.26. The van der Waals surface area contributed by atoms with Crippen LogP contribution in [0.4, 0.5) is 10.1 Å². The van der Waals surface area contributed by atoms with Crippen LogP contribution in [0, 0.1) is 19.7 Å². The molecule has 1 N–H and O–H groups in total. The van der Waals surface area contributed by atoms with E-state index in [0.717, 1.165) is 11.1 Å². The monoisotopic (exact) mass is 345 g/mol. The summed E-state index contributed by atoms with van der Waals surface area (Å²) in [6, 6.07) is 10.9. The predicted octanol–water partition coefficient (Wildman–Crippen LogP) is 3.39. The van der Waals surface area contributed by atoms with Gasteiger partial charge in [-0.2, -0.15) is 0 Å². The van der Waals surface area contributed by atoms with Gasteiger partial charge in [0.15, 0.2) is 12.7 Å². The van der Waals surface area contributed by atoms with Gasteiger partial charge in [-0.25, -0.2) is 9.18 Å². The van der Waals surface area contributed by atoms with Gasteiger partial charge in [-0.05, 0) is 68.3 Å². The van der Waals surface area contributed by atoms with Gasteiger partial charge in [-0.3, -0.25) is 4.79 Å². The summed E-state index contributed by atoms with van der Waals surface area (Å²) in [7, 11) is 0. The first-order valence-electron chi connectivity index (χ1n) is 7.80. The number of esters is 1. The molecule has 0 unspecified atom stereocenters. The van der Waals surface area contributed by atoms with Crippen LogP contribution in [-0.2, 0) is 14.3 Å². The van der Waals surface area contributed by atoms with Gasteiger partial charge in [0.1, 0.15) is 11.6 Å². The molecule has 1 atom stereocenters. The molecule has 2 aromatic rings. The normalized spacial score (nSPS) is 11.5. The van der Waals surface area contributed by atoms with E-state index in [0.29, 0.717) is 11.4 Å². The van der Waals surface area contributed by atoms with E-state index in [1.54, 1.807) is 0 Å². The summed E-state index contributed by atoms with van der Waals surface area (Å²) in [6.45, 7) is 4.94. The Kier molecular flexibility index (Phi) is 6.11. The topological polar surface area (TPSA) is 64.6 Å². The van der Waals surface area contributed by atoms with Crippen LogP contribution in [0.1, 0.15) is 18.1 Å². The third kappa shape index (κ3) is 5.91. The SMILES string of the molecule is Cc1cc(C)cc(NC(=O)COC(=O)[C@@H](C)Oc2ccc(F)cc2)c1. The number of hydrogen-bond acceptors (Lipinski definition) is 4. The van der Waals surface area contributed by atoms with Gasteiger partial charge in [0.25, 0.3) is 5.91 Å². The van der Waals surface area contributed by atoms with Crippen LogP contribution >= 0.6 is 0 Å². The summed E-state index contributed by atoms with van der Waals surface area (Å²) in [5.41, 5.74) is 2.69. The van der Waals surface area contributed by atoms with Crippen molar-refractivity contribution in [1.82, 2.24) is 0 Å². The zero-order valence-corrected chi connectivity index (χ0v) is 14.3. The smallest absolute Gasteiger partial charge is 0.347 e. The molecule has 132 valence electrons. The molecule has 2 aromatic carbocycles.